The van der Waals surface area contributed by atoms with Crippen molar-refractivity contribution in [2.24, 2.45) is 0 Å². The van der Waals surface area contributed by atoms with E-state index in [1.807, 2.05) is 36.4 Å². The molecule has 0 radical (unpaired) electrons. The highest BCUT2D eigenvalue weighted by Crippen LogP contribution is 2.42. The van der Waals surface area contributed by atoms with Gasteiger partial charge in [0.05, 0.1) is 0 Å². The molecule has 3 aromatic carbocycles. The van der Waals surface area contributed by atoms with Crippen molar-refractivity contribution in [2.45, 2.75) is 43.5 Å². The number of amides is 1. The van der Waals surface area contributed by atoms with E-state index >= 15 is 4.39 Å². The molecule has 176 valence electrons. The van der Waals surface area contributed by atoms with Gasteiger partial charge in [-0.05, 0) is 28.7 Å². The number of carbonyl (C=O) groups is 1. The smallest absolute Gasteiger partial charge is 0.410 e. The topological polar surface area (TPSA) is 41.6 Å². The van der Waals surface area contributed by atoms with Gasteiger partial charge in [0, 0.05) is 44.4 Å². The first-order valence-corrected chi connectivity index (χ1v) is 12.1. The first-order chi connectivity index (χ1) is 16.6. The molecule has 5 heteroatoms. The third-order valence-corrected chi connectivity index (χ3v) is 7.04. The summed E-state index contributed by atoms with van der Waals surface area (Å²) in [6.07, 6.45) is 1.35. The molecule has 1 N–H and O–H groups in total. The van der Waals surface area contributed by atoms with Gasteiger partial charge in [0.2, 0.25) is 0 Å². The molecular formula is C29H31FN2O2. The van der Waals surface area contributed by atoms with E-state index in [0.717, 1.165) is 12.0 Å². The van der Waals surface area contributed by atoms with Gasteiger partial charge in [-0.25, -0.2) is 9.18 Å². The summed E-state index contributed by atoms with van der Waals surface area (Å²) in [6.45, 7) is 1.36. The molecular weight excluding hydrogens is 427 g/mol. The second-order valence-electron chi connectivity index (χ2n) is 9.50. The average molecular weight is 459 g/mol. The Morgan fingerprint density at radius 3 is 2.21 bits per heavy atom. The summed E-state index contributed by atoms with van der Waals surface area (Å²) < 4.78 is 20.8. The van der Waals surface area contributed by atoms with Gasteiger partial charge in [-0.15, -0.1) is 0 Å². The number of nitrogens with one attached hydrogen (secondary N) is 1. The van der Waals surface area contributed by atoms with Crippen LogP contribution in [0.25, 0.3) is 11.1 Å². The van der Waals surface area contributed by atoms with Crippen LogP contribution in [0.1, 0.15) is 36.3 Å². The molecule has 2 fully saturated rings. The van der Waals surface area contributed by atoms with E-state index in [1.54, 1.807) is 4.90 Å². The molecule has 0 aromatic heterocycles. The summed E-state index contributed by atoms with van der Waals surface area (Å²) in [4.78, 5) is 14.0. The standard InChI is InChI=1S/C29H31FN2O2/c30-29(15-17-32(18-16-29)28(33)34-20-22-7-3-1-4-8-22)21-31-27-19-26(27)25-13-11-24(12-14-25)23-9-5-2-6-10-23/h1-14,26-27,31H,15-21H2. The number of likely N-dealkylation sites (tertiary alicyclic amines) is 1. The van der Waals surface area contributed by atoms with Gasteiger partial charge in [0.15, 0.2) is 0 Å². The highest BCUT2D eigenvalue weighted by molar-refractivity contribution is 5.67. The largest absolute Gasteiger partial charge is 0.445 e. The molecule has 1 heterocycles. The van der Waals surface area contributed by atoms with Crippen LogP contribution in [0.3, 0.4) is 0 Å². The van der Waals surface area contributed by atoms with E-state index in [-0.39, 0.29) is 12.7 Å². The predicted molar refractivity (Wildman–Crippen MR) is 132 cm³/mol. The predicted octanol–water partition coefficient (Wildman–Crippen LogP) is 5.94. The number of benzene rings is 3. The van der Waals surface area contributed by atoms with Crippen molar-refractivity contribution >= 4 is 6.09 Å². The second-order valence-corrected chi connectivity index (χ2v) is 9.50. The zero-order chi connectivity index (χ0) is 23.4. The number of nitrogens with zero attached hydrogens (tertiary/aromatic N) is 1. The second kappa shape index (κ2) is 9.98. The lowest BCUT2D eigenvalue weighted by atomic mass is 9.93. The Morgan fingerprint density at radius 2 is 1.53 bits per heavy atom. The lowest BCUT2D eigenvalue weighted by Gasteiger charge is -2.36. The molecule has 1 saturated carbocycles. The lowest BCUT2D eigenvalue weighted by Crippen LogP contribution is -2.49. The third-order valence-electron chi connectivity index (χ3n) is 7.04. The Hall–Kier alpha value is -3.18. The normalized spacial score (nSPS) is 21.1. The molecule has 34 heavy (non-hydrogen) atoms. The van der Waals surface area contributed by atoms with E-state index < -0.39 is 5.67 Å². The molecule has 2 unspecified atom stereocenters. The molecule has 3 aromatic rings. The number of halogens is 1. The van der Waals surface area contributed by atoms with Crippen molar-refractivity contribution in [3.8, 4) is 11.1 Å². The van der Waals surface area contributed by atoms with E-state index in [2.05, 4.69) is 53.8 Å². The molecule has 5 rings (SSSR count). The number of carbonyl (C=O) groups excluding carboxylic acids is 1. The van der Waals surface area contributed by atoms with Crippen LogP contribution in [0.5, 0.6) is 0 Å². The number of hydrogen-bond acceptors (Lipinski definition) is 3. The van der Waals surface area contributed by atoms with Crippen molar-refractivity contribution < 1.29 is 13.9 Å². The quantitative estimate of drug-likeness (QED) is 0.476. The monoisotopic (exact) mass is 458 g/mol. The molecule has 0 spiro atoms. The van der Waals surface area contributed by atoms with Crippen LogP contribution >= 0.6 is 0 Å². The maximum absolute atomic E-state index is 15.4. The number of rotatable bonds is 7. The fourth-order valence-electron chi connectivity index (χ4n) is 4.73. The summed E-state index contributed by atoms with van der Waals surface area (Å²) in [5.41, 5.74) is 3.41. The van der Waals surface area contributed by atoms with Crippen LogP contribution in [0.2, 0.25) is 0 Å². The van der Waals surface area contributed by atoms with Crippen LogP contribution in [0.15, 0.2) is 84.9 Å². The van der Waals surface area contributed by atoms with Gasteiger partial charge in [-0.1, -0.05) is 84.9 Å². The Bertz CT molecular complexity index is 1080. The Balaban J connectivity index is 1.05. The average Bonchev–Trinajstić information content (AvgIpc) is 3.68. The zero-order valence-electron chi connectivity index (χ0n) is 19.3. The summed E-state index contributed by atoms with van der Waals surface area (Å²) >= 11 is 0. The van der Waals surface area contributed by atoms with E-state index in [1.165, 1.54) is 16.7 Å². The molecule has 0 bridgehead atoms. The van der Waals surface area contributed by atoms with Crippen molar-refractivity contribution in [3.05, 3.63) is 96.1 Å². The lowest BCUT2D eigenvalue weighted by molar-refractivity contribution is 0.0408. The molecule has 1 aliphatic carbocycles. The summed E-state index contributed by atoms with van der Waals surface area (Å²) in [5, 5.41) is 3.44. The third kappa shape index (κ3) is 5.48. The van der Waals surface area contributed by atoms with Crippen molar-refractivity contribution in [3.63, 3.8) is 0 Å². The van der Waals surface area contributed by atoms with Crippen molar-refractivity contribution in [1.82, 2.24) is 10.2 Å². The highest BCUT2D eigenvalue weighted by Gasteiger charge is 2.42. The SMILES string of the molecule is O=C(OCc1ccccc1)N1CCC(F)(CNC2CC2c2ccc(-c3ccccc3)cc2)CC1. The molecule has 1 amide bonds. The van der Waals surface area contributed by atoms with Gasteiger partial charge in [0.25, 0.3) is 0 Å². The molecule has 2 aliphatic rings. The zero-order valence-corrected chi connectivity index (χ0v) is 19.3. The number of ether oxygens (including phenoxy) is 1. The van der Waals surface area contributed by atoms with E-state index in [0.29, 0.717) is 44.4 Å². The highest BCUT2D eigenvalue weighted by atomic mass is 19.1. The Labute approximate surface area is 200 Å². The van der Waals surface area contributed by atoms with E-state index in [9.17, 15) is 4.79 Å². The van der Waals surface area contributed by atoms with Gasteiger partial charge in [-0.3, -0.25) is 0 Å². The van der Waals surface area contributed by atoms with Gasteiger partial charge < -0.3 is 15.0 Å². The van der Waals surface area contributed by atoms with Crippen LogP contribution < -0.4 is 5.32 Å². The number of alkyl halides is 1. The Kier molecular flexibility index (Phi) is 6.63. The van der Waals surface area contributed by atoms with Crippen LogP contribution in [0, 0.1) is 0 Å². The fraction of sp³-hybridized carbons (Fsp3) is 0.345. The van der Waals surface area contributed by atoms with Gasteiger partial charge in [0.1, 0.15) is 12.3 Å². The molecule has 1 saturated heterocycles. The van der Waals surface area contributed by atoms with Crippen LogP contribution in [-0.2, 0) is 11.3 Å². The minimum Gasteiger partial charge on any atom is -0.445 e. The molecule has 2 atom stereocenters. The molecule has 4 nitrogen and oxygen atoms in total. The maximum Gasteiger partial charge on any atom is 0.410 e. The van der Waals surface area contributed by atoms with E-state index in [4.69, 9.17) is 4.74 Å². The summed E-state index contributed by atoms with van der Waals surface area (Å²) in [5.74, 6) is 0.446. The first kappa shape index (κ1) is 22.6. The summed E-state index contributed by atoms with van der Waals surface area (Å²) in [7, 11) is 0. The fourth-order valence-corrected chi connectivity index (χ4v) is 4.73. The van der Waals surface area contributed by atoms with Crippen molar-refractivity contribution in [2.75, 3.05) is 19.6 Å². The van der Waals surface area contributed by atoms with Gasteiger partial charge >= 0.3 is 6.09 Å². The van der Waals surface area contributed by atoms with Crippen molar-refractivity contribution in [1.29, 1.82) is 0 Å². The van der Waals surface area contributed by atoms with Crippen LogP contribution in [0.4, 0.5) is 9.18 Å². The van der Waals surface area contributed by atoms with Gasteiger partial charge in [-0.2, -0.15) is 0 Å². The van der Waals surface area contributed by atoms with Crippen LogP contribution in [-0.4, -0.2) is 42.3 Å². The maximum atomic E-state index is 15.4. The minimum absolute atomic E-state index is 0.244. The number of hydrogen-bond donors (Lipinski definition) is 1. The minimum atomic E-state index is -1.28. The number of piperidine rings is 1. The summed E-state index contributed by atoms with van der Waals surface area (Å²) in [6, 6.07) is 29.0. The Morgan fingerprint density at radius 1 is 0.912 bits per heavy atom. The molecule has 1 aliphatic heterocycles. The first-order valence-electron chi connectivity index (χ1n) is 12.1.